The minimum absolute atomic E-state index is 0.0472. The fraction of sp³-hybridized carbons (Fsp3) is 0.241. The van der Waals surface area contributed by atoms with Gasteiger partial charge < -0.3 is 24.2 Å². The van der Waals surface area contributed by atoms with Crippen molar-refractivity contribution in [1.29, 1.82) is 0 Å². The Morgan fingerprint density at radius 2 is 1.50 bits per heavy atom. The van der Waals surface area contributed by atoms with Gasteiger partial charge in [0.2, 0.25) is 0 Å². The van der Waals surface area contributed by atoms with Gasteiger partial charge in [0, 0.05) is 12.1 Å². The molecule has 1 amide bonds. The van der Waals surface area contributed by atoms with Crippen LogP contribution >= 0.6 is 0 Å². The first-order chi connectivity index (χ1) is 17.4. The molecule has 1 N–H and O–H groups in total. The van der Waals surface area contributed by atoms with E-state index in [9.17, 15) is 14.7 Å². The number of benzene rings is 3. The number of aryl methyl sites for hydroxylation is 1. The van der Waals surface area contributed by atoms with Crippen LogP contribution in [0.1, 0.15) is 35.2 Å². The fourth-order valence-corrected chi connectivity index (χ4v) is 4.40. The SMILES string of the molecule is CCOc1ccc(C2/C(=C(/O)c3ccc(OC)cc3C)C(=O)C(=O)N2Cc2ccc(OC)cc2)cc1. The molecule has 7 heteroatoms. The molecule has 36 heavy (non-hydrogen) atoms. The molecule has 186 valence electrons. The van der Waals surface area contributed by atoms with Crippen molar-refractivity contribution in [1.82, 2.24) is 4.90 Å². The van der Waals surface area contributed by atoms with E-state index in [1.165, 1.54) is 4.90 Å². The number of hydrogen-bond donors (Lipinski definition) is 1. The van der Waals surface area contributed by atoms with Crippen molar-refractivity contribution in [2.45, 2.75) is 26.4 Å². The second kappa shape index (κ2) is 10.6. The van der Waals surface area contributed by atoms with Crippen molar-refractivity contribution in [3.8, 4) is 17.2 Å². The molecule has 0 bridgehead atoms. The van der Waals surface area contributed by atoms with Crippen LogP contribution in [-0.2, 0) is 16.1 Å². The number of carbonyl (C=O) groups is 2. The monoisotopic (exact) mass is 487 g/mol. The van der Waals surface area contributed by atoms with Crippen LogP contribution in [0.5, 0.6) is 17.2 Å². The summed E-state index contributed by atoms with van der Waals surface area (Å²) < 4.78 is 16.1. The summed E-state index contributed by atoms with van der Waals surface area (Å²) in [7, 11) is 3.14. The highest BCUT2D eigenvalue weighted by molar-refractivity contribution is 6.46. The standard InChI is InChI=1S/C29H29NO6/c1-5-36-22-12-8-20(9-13-22)26-25(27(31)24-15-14-23(35-4)16-18(24)2)28(32)29(33)30(26)17-19-6-10-21(34-3)11-7-19/h6-16,26,31H,5,17H2,1-4H3/b27-25-. The number of rotatable bonds is 8. The summed E-state index contributed by atoms with van der Waals surface area (Å²) in [6, 6.07) is 18.9. The number of carbonyl (C=O) groups excluding carboxylic acids is 2. The van der Waals surface area contributed by atoms with Crippen molar-refractivity contribution in [3.05, 3.63) is 94.6 Å². The number of Topliss-reactive ketones (excluding diaryl/α,β-unsaturated/α-hetero) is 1. The second-order valence-corrected chi connectivity index (χ2v) is 8.46. The molecule has 1 aliphatic rings. The van der Waals surface area contributed by atoms with E-state index in [1.54, 1.807) is 56.7 Å². The number of amides is 1. The van der Waals surface area contributed by atoms with E-state index in [1.807, 2.05) is 38.1 Å². The molecule has 1 saturated heterocycles. The van der Waals surface area contributed by atoms with Crippen LogP contribution in [0.4, 0.5) is 0 Å². The Balaban J connectivity index is 1.83. The Bertz CT molecular complexity index is 1290. The van der Waals surface area contributed by atoms with E-state index >= 15 is 0 Å². The highest BCUT2D eigenvalue weighted by Crippen LogP contribution is 2.41. The zero-order chi connectivity index (χ0) is 25.8. The Morgan fingerprint density at radius 3 is 2.08 bits per heavy atom. The fourth-order valence-electron chi connectivity index (χ4n) is 4.40. The van der Waals surface area contributed by atoms with Gasteiger partial charge in [0.15, 0.2) is 0 Å². The molecule has 3 aromatic rings. The van der Waals surface area contributed by atoms with Gasteiger partial charge in [-0.15, -0.1) is 0 Å². The molecule has 0 aromatic heterocycles. The lowest BCUT2D eigenvalue weighted by Gasteiger charge is -2.26. The average Bonchev–Trinajstić information content (AvgIpc) is 3.14. The summed E-state index contributed by atoms with van der Waals surface area (Å²) in [5, 5.41) is 11.4. The van der Waals surface area contributed by atoms with Gasteiger partial charge in [0.1, 0.15) is 23.0 Å². The summed E-state index contributed by atoms with van der Waals surface area (Å²) in [5.74, 6) is 0.391. The van der Waals surface area contributed by atoms with Crippen LogP contribution < -0.4 is 14.2 Å². The van der Waals surface area contributed by atoms with Crippen molar-refractivity contribution in [2.75, 3.05) is 20.8 Å². The number of aliphatic hydroxyl groups excluding tert-OH is 1. The van der Waals surface area contributed by atoms with E-state index in [2.05, 4.69) is 0 Å². The lowest BCUT2D eigenvalue weighted by molar-refractivity contribution is -0.140. The average molecular weight is 488 g/mol. The van der Waals surface area contributed by atoms with Gasteiger partial charge in [-0.2, -0.15) is 0 Å². The van der Waals surface area contributed by atoms with E-state index < -0.39 is 17.7 Å². The first-order valence-corrected chi connectivity index (χ1v) is 11.7. The largest absolute Gasteiger partial charge is 0.507 e. The number of methoxy groups -OCH3 is 2. The predicted octanol–water partition coefficient (Wildman–Crippen LogP) is 5.03. The van der Waals surface area contributed by atoms with E-state index in [0.29, 0.717) is 35.0 Å². The van der Waals surface area contributed by atoms with Crippen LogP contribution in [0.2, 0.25) is 0 Å². The van der Waals surface area contributed by atoms with Gasteiger partial charge in [-0.05, 0) is 73.0 Å². The first-order valence-electron chi connectivity index (χ1n) is 11.7. The molecule has 1 aliphatic heterocycles. The zero-order valence-electron chi connectivity index (χ0n) is 20.8. The first kappa shape index (κ1) is 24.9. The molecule has 1 unspecified atom stereocenters. The van der Waals surface area contributed by atoms with E-state index in [0.717, 1.165) is 11.1 Å². The van der Waals surface area contributed by atoms with Gasteiger partial charge in [0.25, 0.3) is 11.7 Å². The molecule has 0 aliphatic carbocycles. The lowest BCUT2D eigenvalue weighted by atomic mass is 9.93. The normalized spacial score (nSPS) is 16.8. The molecule has 0 radical (unpaired) electrons. The summed E-state index contributed by atoms with van der Waals surface area (Å²) >= 11 is 0. The third-order valence-electron chi connectivity index (χ3n) is 6.25. The minimum Gasteiger partial charge on any atom is -0.507 e. The van der Waals surface area contributed by atoms with Gasteiger partial charge in [-0.25, -0.2) is 0 Å². The van der Waals surface area contributed by atoms with Gasteiger partial charge in [-0.3, -0.25) is 9.59 Å². The number of nitrogens with zero attached hydrogens (tertiary/aromatic N) is 1. The van der Waals surface area contributed by atoms with E-state index in [-0.39, 0.29) is 17.9 Å². The molecular formula is C29H29NO6. The van der Waals surface area contributed by atoms with Crippen LogP contribution in [0.25, 0.3) is 5.76 Å². The van der Waals surface area contributed by atoms with E-state index in [4.69, 9.17) is 14.2 Å². The van der Waals surface area contributed by atoms with Crippen LogP contribution in [0, 0.1) is 6.92 Å². The second-order valence-electron chi connectivity index (χ2n) is 8.46. The Kier molecular flexibility index (Phi) is 7.29. The Morgan fingerprint density at radius 1 is 0.889 bits per heavy atom. The quantitative estimate of drug-likeness (QED) is 0.272. The molecule has 7 nitrogen and oxygen atoms in total. The number of aliphatic hydroxyl groups is 1. The minimum atomic E-state index is -0.774. The third kappa shape index (κ3) is 4.77. The smallest absolute Gasteiger partial charge is 0.295 e. The van der Waals surface area contributed by atoms with Crippen LogP contribution in [-0.4, -0.2) is 42.5 Å². The molecule has 1 heterocycles. The van der Waals surface area contributed by atoms with Crippen molar-refractivity contribution in [2.24, 2.45) is 0 Å². The maximum Gasteiger partial charge on any atom is 0.295 e. The van der Waals surface area contributed by atoms with Crippen molar-refractivity contribution >= 4 is 17.4 Å². The Labute approximate surface area is 210 Å². The molecular weight excluding hydrogens is 458 g/mol. The van der Waals surface area contributed by atoms with Gasteiger partial charge in [0.05, 0.1) is 32.4 Å². The predicted molar refractivity (Wildman–Crippen MR) is 136 cm³/mol. The molecule has 4 rings (SSSR count). The zero-order valence-corrected chi connectivity index (χ0v) is 20.8. The van der Waals surface area contributed by atoms with Crippen molar-refractivity contribution in [3.63, 3.8) is 0 Å². The summed E-state index contributed by atoms with van der Waals surface area (Å²) in [6.07, 6.45) is 0. The van der Waals surface area contributed by atoms with Gasteiger partial charge >= 0.3 is 0 Å². The topological polar surface area (TPSA) is 85.3 Å². The van der Waals surface area contributed by atoms with Gasteiger partial charge in [-0.1, -0.05) is 24.3 Å². The maximum absolute atomic E-state index is 13.3. The highest BCUT2D eigenvalue weighted by atomic mass is 16.5. The number of hydrogen-bond acceptors (Lipinski definition) is 6. The van der Waals surface area contributed by atoms with Crippen molar-refractivity contribution < 1.29 is 28.9 Å². The highest BCUT2D eigenvalue weighted by Gasteiger charge is 2.46. The third-order valence-corrected chi connectivity index (χ3v) is 6.25. The maximum atomic E-state index is 13.3. The molecule has 3 aromatic carbocycles. The number of ether oxygens (including phenoxy) is 3. The Hall–Kier alpha value is -4.26. The summed E-state index contributed by atoms with van der Waals surface area (Å²) in [6.45, 7) is 4.42. The summed E-state index contributed by atoms with van der Waals surface area (Å²) in [4.78, 5) is 28.1. The molecule has 1 atom stereocenters. The number of ketones is 1. The van der Waals surface area contributed by atoms with Crippen LogP contribution in [0.15, 0.2) is 72.3 Å². The molecule has 0 spiro atoms. The molecule has 0 saturated carbocycles. The molecule has 1 fully saturated rings. The lowest BCUT2D eigenvalue weighted by Crippen LogP contribution is -2.29. The summed E-state index contributed by atoms with van der Waals surface area (Å²) in [5.41, 5.74) is 2.76. The van der Waals surface area contributed by atoms with Crippen LogP contribution in [0.3, 0.4) is 0 Å². The number of likely N-dealkylation sites (tertiary alicyclic amines) is 1.